The molecule has 100 valence electrons. The van der Waals surface area contributed by atoms with Crippen molar-refractivity contribution in [2.24, 2.45) is 11.1 Å². The van der Waals surface area contributed by atoms with Gasteiger partial charge in [0.2, 0.25) is 5.91 Å². The Bertz CT molecular complexity index is 417. The molecule has 0 radical (unpaired) electrons. The van der Waals surface area contributed by atoms with E-state index in [-0.39, 0.29) is 23.4 Å². The molecule has 1 aliphatic rings. The van der Waals surface area contributed by atoms with Crippen LogP contribution in [0.25, 0.3) is 0 Å². The summed E-state index contributed by atoms with van der Waals surface area (Å²) in [5.41, 5.74) is 5.75. The minimum absolute atomic E-state index is 0.00276. The van der Waals surface area contributed by atoms with Crippen LogP contribution < -0.4 is 5.73 Å². The summed E-state index contributed by atoms with van der Waals surface area (Å²) in [6, 6.07) is 4.23. The zero-order valence-electron chi connectivity index (χ0n) is 11.3. The Morgan fingerprint density at radius 2 is 2.39 bits per heavy atom. The first-order valence-electron chi connectivity index (χ1n) is 6.53. The number of hydrogen-bond acceptors (Lipinski definition) is 3. The van der Waals surface area contributed by atoms with E-state index >= 15 is 0 Å². The number of nitrogens with zero attached hydrogens (tertiary/aromatic N) is 1. The molecule has 1 heterocycles. The third-order valence-electron chi connectivity index (χ3n) is 4.37. The predicted molar refractivity (Wildman–Crippen MR) is 75.4 cm³/mol. The summed E-state index contributed by atoms with van der Waals surface area (Å²) in [6.45, 7) is 4.10. The van der Waals surface area contributed by atoms with E-state index in [0.29, 0.717) is 0 Å². The van der Waals surface area contributed by atoms with Crippen molar-refractivity contribution in [3.8, 4) is 0 Å². The van der Waals surface area contributed by atoms with Gasteiger partial charge in [-0.2, -0.15) is 0 Å². The van der Waals surface area contributed by atoms with E-state index in [1.54, 1.807) is 11.3 Å². The fraction of sp³-hybridized carbons (Fsp3) is 0.643. The van der Waals surface area contributed by atoms with E-state index in [1.807, 2.05) is 30.3 Å². The lowest BCUT2D eigenvalue weighted by atomic mass is 9.83. The van der Waals surface area contributed by atoms with Crippen molar-refractivity contribution in [2.45, 2.75) is 45.2 Å². The highest BCUT2D eigenvalue weighted by Crippen LogP contribution is 2.39. The van der Waals surface area contributed by atoms with Gasteiger partial charge in [-0.3, -0.25) is 4.79 Å². The van der Waals surface area contributed by atoms with Crippen LogP contribution in [0.1, 0.15) is 44.0 Å². The van der Waals surface area contributed by atoms with Crippen LogP contribution in [-0.4, -0.2) is 23.9 Å². The summed E-state index contributed by atoms with van der Waals surface area (Å²) in [6.07, 6.45) is 2.93. The van der Waals surface area contributed by atoms with Gasteiger partial charge in [-0.05, 0) is 38.1 Å². The average Bonchev–Trinajstić information content (AvgIpc) is 2.98. The molecule has 1 saturated carbocycles. The van der Waals surface area contributed by atoms with Crippen LogP contribution in [0, 0.1) is 5.41 Å². The molecule has 1 aromatic rings. The van der Waals surface area contributed by atoms with Gasteiger partial charge < -0.3 is 10.6 Å². The van der Waals surface area contributed by atoms with Crippen molar-refractivity contribution >= 4 is 17.2 Å². The normalized spacial score (nSPS) is 29.2. The van der Waals surface area contributed by atoms with Gasteiger partial charge in [0.15, 0.2) is 0 Å². The van der Waals surface area contributed by atoms with Gasteiger partial charge >= 0.3 is 0 Å². The van der Waals surface area contributed by atoms with Crippen LogP contribution in [-0.2, 0) is 4.79 Å². The van der Waals surface area contributed by atoms with E-state index in [1.165, 1.54) is 4.88 Å². The molecule has 1 aliphatic carbocycles. The average molecular weight is 266 g/mol. The second kappa shape index (κ2) is 5.02. The van der Waals surface area contributed by atoms with Gasteiger partial charge in [-0.15, -0.1) is 11.3 Å². The molecule has 4 heteroatoms. The number of amides is 1. The molecule has 1 aromatic heterocycles. The lowest BCUT2D eigenvalue weighted by Crippen LogP contribution is -2.48. The Hall–Kier alpha value is -0.870. The van der Waals surface area contributed by atoms with Crippen LogP contribution in [0.15, 0.2) is 17.5 Å². The summed E-state index contributed by atoms with van der Waals surface area (Å²) in [4.78, 5) is 15.7. The van der Waals surface area contributed by atoms with Crippen LogP contribution in [0.3, 0.4) is 0 Å². The molecule has 1 amide bonds. The van der Waals surface area contributed by atoms with E-state index in [0.717, 1.165) is 19.3 Å². The Kier molecular flexibility index (Phi) is 3.78. The maximum absolute atomic E-state index is 12.7. The monoisotopic (exact) mass is 266 g/mol. The first-order chi connectivity index (χ1) is 8.47. The molecule has 0 aliphatic heterocycles. The number of carbonyl (C=O) groups is 1. The van der Waals surface area contributed by atoms with Crippen LogP contribution in [0.2, 0.25) is 0 Å². The zero-order valence-corrected chi connectivity index (χ0v) is 12.2. The summed E-state index contributed by atoms with van der Waals surface area (Å²) in [5.74, 6) is 0.188. The van der Waals surface area contributed by atoms with Crippen LogP contribution in [0.5, 0.6) is 0 Å². The van der Waals surface area contributed by atoms with Crippen LogP contribution >= 0.6 is 11.3 Å². The molecule has 0 bridgehead atoms. The highest BCUT2D eigenvalue weighted by molar-refractivity contribution is 7.10. The molecule has 0 spiro atoms. The molecule has 1 fully saturated rings. The van der Waals surface area contributed by atoms with Crippen molar-refractivity contribution in [1.82, 2.24) is 4.90 Å². The molecule has 0 aromatic carbocycles. The lowest BCUT2D eigenvalue weighted by molar-refractivity contribution is -0.142. The second-order valence-corrected chi connectivity index (χ2v) is 6.50. The van der Waals surface area contributed by atoms with Crippen molar-refractivity contribution in [1.29, 1.82) is 0 Å². The maximum Gasteiger partial charge on any atom is 0.230 e. The highest BCUT2D eigenvalue weighted by Gasteiger charge is 2.45. The molecule has 2 N–H and O–H groups in total. The molecular weight excluding hydrogens is 244 g/mol. The van der Waals surface area contributed by atoms with E-state index in [4.69, 9.17) is 5.73 Å². The van der Waals surface area contributed by atoms with Gasteiger partial charge in [0.05, 0.1) is 11.5 Å². The fourth-order valence-corrected chi connectivity index (χ4v) is 3.58. The SMILES string of the molecule is CC(c1cccs1)N(C)C(=O)C1(C)CCCC1N. The van der Waals surface area contributed by atoms with E-state index in [9.17, 15) is 4.79 Å². The Morgan fingerprint density at radius 1 is 1.67 bits per heavy atom. The highest BCUT2D eigenvalue weighted by atomic mass is 32.1. The molecule has 2 rings (SSSR count). The fourth-order valence-electron chi connectivity index (χ4n) is 2.76. The topological polar surface area (TPSA) is 46.3 Å². The van der Waals surface area contributed by atoms with Crippen LogP contribution in [0.4, 0.5) is 0 Å². The van der Waals surface area contributed by atoms with Gasteiger partial charge in [0.1, 0.15) is 0 Å². The molecule has 3 atom stereocenters. The number of hydrogen-bond donors (Lipinski definition) is 1. The molecule has 18 heavy (non-hydrogen) atoms. The maximum atomic E-state index is 12.7. The van der Waals surface area contributed by atoms with E-state index < -0.39 is 0 Å². The van der Waals surface area contributed by atoms with Crippen molar-refractivity contribution < 1.29 is 4.79 Å². The van der Waals surface area contributed by atoms with Gasteiger partial charge in [-0.25, -0.2) is 0 Å². The minimum atomic E-state index is -0.375. The Morgan fingerprint density at radius 3 is 2.89 bits per heavy atom. The quantitative estimate of drug-likeness (QED) is 0.914. The Labute approximate surface area is 113 Å². The number of carbonyl (C=O) groups excluding carboxylic acids is 1. The van der Waals surface area contributed by atoms with Gasteiger partial charge in [0, 0.05) is 18.0 Å². The first-order valence-corrected chi connectivity index (χ1v) is 7.41. The predicted octanol–water partition coefficient (Wildman–Crippen LogP) is 2.79. The smallest absolute Gasteiger partial charge is 0.230 e. The summed E-state index contributed by atoms with van der Waals surface area (Å²) in [7, 11) is 1.89. The van der Waals surface area contributed by atoms with Gasteiger partial charge in [0.25, 0.3) is 0 Å². The molecular formula is C14H22N2OS. The third-order valence-corrected chi connectivity index (χ3v) is 5.42. The number of rotatable bonds is 3. The molecule has 3 unspecified atom stereocenters. The standard InChI is InChI=1S/C14H22N2OS/c1-10(11-6-5-9-18-11)16(3)13(17)14(2)8-4-7-12(14)15/h5-6,9-10,12H,4,7-8,15H2,1-3H3. The van der Waals surface area contributed by atoms with Crippen molar-refractivity contribution in [3.05, 3.63) is 22.4 Å². The zero-order chi connectivity index (χ0) is 13.3. The summed E-state index contributed by atoms with van der Waals surface area (Å²) in [5, 5.41) is 2.05. The van der Waals surface area contributed by atoms with E-state index in [2.05, 4.69) is 13.0 Å². The summed E-state index contributed by atoms with van der Waals surface area (Å²) < 4.78 is 0. The minimum Gasteiger partial charge on any atom is -0.338 e. The van der Waals surface area contributed by atoms with Crippen molar-refractivity contribution in [2.75, 3.05) is 7.05 Å². The van der Waals surface area contributed by atoms with Gasteiger partial charge in [-0.1, -0.05) is 12.5 Å². The lowest BCUT2D eigenvalue weighted by Gasteiger charge is -2.35. The largest absolute Gasteiger partial charge is 0.338 e. The third kappa shape index (κ3) is 2.19. The second-order valence-electron chi connectivity index (χ2n) is 5.52. The molecule has 0 saturated heterocycles. The van der Waals surface area contributed by atoms with Crippen molar-refractivity contribution in [3.63, 3.8) is 0 Å². The number of nitrogens with two attached hydrogens (primary N) is 1. The number of thiophene rings is 1. The summed E-state index contributed by atoms with van der Waals surface area (Å²) >= 11 is 1.69. The first kappa shape index (κ1) is 13.6. The molecule has 3 nitrogen and oxygen atoms in total. The Balaban J connectivity index is 2.14.